The van der Waals surface area contributed by atoms with E-state index < -0.39 is 17.5 Å². The topological polar surface area (TPSA) is 104 Å². The Hall–Kier alpha value is -4.07. The molecular weight excluding hydrogens is 450 g/mol. The van der Waals surface area contributed by atoms with E-state index in [-0.39, 0.29) is 22.9 Å². The Labute approximate surface area is 202 Å². The van der Waals surface area contributed by atoms with Gasteiger partial charge in [0.2, 0.25) is 0 Å². The summed E-state index contributed by atoms with van der Waals surface area (Å²) in [6.07, 6.45) is 8.01. The van der Waals surface area contributed by atoms with Crippen molar-refractivity contribution in [2.75, 3.05) is 14.2 Å². The number of carbonyl (C=O) groups excluding carboxylic acids is 2. The second kappa shape index (κ2) is 10.9. The predicted octanol–water partition coefficient (Wildman–Crippen LogP) is 4.49. The van der Waals surface area contributed by atoms with Crippen molar-refractivity contribution in [2.24, 2.45) is 0 Å². The van der Waals surface area contributed by atoms with Crippen LogP contribution in [0.25, 0.3) is 17.0 Å². The predicted molar refractivity (Wildman–Crippen MR) is 131 cm³/mol. The molecule has 0 radical (unpaired) electrons. The second-order valence-electron chi connectivity index (χ2n) is 8.32. The molecule has 8 heteroatoms. The van der Waals surface area contributed by atoms with E-state index in [0.717, 1.165) is 31.2 Å². The van der Waals surface area contributed by atoms with Gasteiger partial charge in [0.1, 0.15) is 16.9 Å². The number of rotatable bonds is 7. The van der Waals surface area contributed by atoms with Gasteiger partial charge in [0.25, 0.3) is 5.91 Å². The molecule has 0 aliphatic heterocycles. The molecule has 0 unspecified atom stereocenters. The van der Waals surface area contributed by atoms with E-state index in [1.165, 1.54) is 31.7 Å². The molecule has 2 aromatic carbocycles. The average Bonchev–Trinajstić information content (AvgIpc) is 2.87. The van der Waals surface area contributed by atoms with Gasteiger partial charge in [-0.2, -0.15) is 0 Å². The summed E-state index contributed by atoms with van der Waals surface area (Å²) >= 11 is 0. The number of ether oxygens (including phenoxy) is 3. The number of benzene rings is 2. The molecule has 0 saturated heterocycles. The summed E-state index contributed by atoms with van der Waals surface area (Å²) in [7, 11) is 3.08. The fourth-order valence-electron chi connectivity index (χ4n) is 4.09. The summed E-state index contributed by atoms with van der Waals surface area (Å²) < 4.78 is 21.1. The van der Waals surface area contributed by atoms with E-state index in [1.807, 2.05) is 0 Å². The van der Waals surface area contributed by atoms with Crippen molar-refractivity contribution < 1.29 is 28.2 Å². The Morgan fingerprint density at radius 3 is 2.49 bits per heavy atom. The first-order valence-corrected chi connectivity index (χ1v) is 11.5. The lowest BCUT2D eigenvalue weighted by atomic mass is 9.95. The van der Waals surface area contributed by atoms with Crippen molar-refractivity contribution in [2.45, 2.75) is 38.1 Å². The second-order valence-corrected chi connectivity index (χ2v) is 8.32. The molecule has 1 aliphatic carbocycles. The number of amides is 1. The Morgan fingerprint density at radius 2 is 1.74 bits per heavy atom. The van der Waals surface area contributed by atoms with Crippen LogP contribution in [-0.2, 0) is 4.79 Å². The molecular formula is C27H27NO7. The van der Waals surface area contributed by atoms with Crippen molar-refractivity contribution in [1.82, 2.24) is 5.32 Å². The fourth-order valence-corrected chi connectivity index (χ4v) is 4.09. The molecule has 1 aromatic heterocycles. The third-order valence-electron chi connectivity index (χ3n) is 5.93. The van der Waals surface area contributed by atoms with Crippen LogP contribution in [0.4, 0.5) is 0 Å². The number of carbonyl (C=O) groups is 2. The first kappa shape index (κ1) is 24.1. The fraction of sp³-hybridized carbons (Fsp3) is 0.296. The normalized spacial score (nSPS) is 14.1. The van der Waals surface area contributed by atoms with Crippen LogP contribution in [-0.4, -0.2) is 32.1 Å². The van der Waals surface area contributed by atoms with Gasteiger partial charge in [0.15, 0.2) is 11.5 Å². The minimum absolute atomic E-state index is 0.0364. The van der Waals surface area contributed by atoms with Crippen LogP contribution in [0.3, 0.4) is 0 Å². The maximum Gasteiger partial charge on any atom is 0.349 e. The van der Waals surface area contributed by atoms with Crippen LogP contribution in [0.5, 0.6) is 17.2 Å². The van der Waals surface area contributed by atoms with Crippen LogP contribution < -0.4 is 25.2 Å². The number of methoxy groups -OCH3 is 2. The SMILES string of the molecule is COc1ccc(/C=C/C(=O)Oc2ccc3cc(C(=O)NC4CCCCC4)c(=O)oc3c2)cc1OC. The molecule has 182 valence electrons. The van der Waals surface area contributed by atoms with Crippen molar-refractivity contribution in [1.29, 1.82) is 0 Å². The van der Waals surface area contributed by atoms with Gasteiger partial charge in [0, 0.05) is 23.6 Å². The highest BCUT2D eigenvalue weighted by Crippen LogP contribution is 2.28. The van der Waals surface area contributed by atoms with Gasteiger partial charge in [-0.05, 0) is 54.8 Å². The number of nitrogens with one attached hydrogen (secondary N) is 1. The van der Waals surface area contributed by atoms with Gasteiger partial charge < -0.3 is 23.9 Å². The van der Waals surface area contributed by atoms with Crippen LogP contribution in [0.2, 0.25) is 0 Å². The summed E-state index contributed by atoms with van der Waals surface area (Å²) in [4.78, 5) is 37.3. The lowest BCUT2D eigenvalue weighted by Crippen LogP contribution is -2.38. The van der Waals surface area contributed by atoms with Crippen LogP contribution in [0.1, 0.15) is 48.0 Å². The molecule has 8 nitrogen and oxygen atoms in total. The maximum absolute atomic E-state index is 12.6. The molecule has 35 heavy (non-hydrogen) atoms. The van der Waals surface area contributed by atoms with Crippen LogP contribution >= 0.6 is 0 Å². The molecule has 0 bridgehead atoms. The molecule has 1 saturated carbocycles. The molecule has 1 fully saturated rings. The largest absolute Gasteiger partial charge is 0.493 e. The minimum Gasteiger partial charge on any atom is -0.493 e. The van der Waals surface area contributed by atoms with Gasteiger partial charge in [-0.25, -0.2) is 9.59 Å². The standard InChI is InChI=1S/C27H27NO7/c1-32-22-12-8-17(14-24(22)33-2)9-13-25(29)34-20-11-10-18-15-21(27(31)35-23(18)16-20)26(30)28-19-6-4-3-5-7-19/h8-16,19H,3-7H2,1-2H3,(H,28,30)/b13-9+. The van der Waals surface area contributed by atoms with E-state index >= 15 is 0 Å². The number of fused-ring (bicyclic) bond motifs is 1. The molecule has 1 N–H and O–H groups in total. The highest BCUT2D eigenvalue weighted by atomic mass is 16.5. The minimum atomic E-state index is -0.734. The number of hydrogen-bond donors (Lipinski definition) is 1. The third-order valence-corrected chi connectivity index (χ3v) is 5.93. The summed E-state index contributed by atoms with van der Waals surface area (Å²) in [6.45, 7) is 0. The zero-order valence-electron chi connectivity index (χ0n) is 19.7. The van der Waals surface area contributed by atoms with E-state index in [0.29, 0.717) is 16.9 Å². The lowest BCUT2D eigenvalue weighted by Gasteiger charge is -2.22. The van der Waals surface area contributed by atoms with Crippen LogP contribution in [0.15, 0.2) is 57.8 Å². The molecule has 1 amide bonds. The summed E-state index contributed by atoms with van der Waals surface area (Å²) in [5.74, 6) is 0.300. The Kier molecular flexibility index (Phi) is 7.50. The zero-order chi connectivity index (χ0) is 24.8. The molecule has 0 spiro atoms. The van der Waals surface area contributed by atoms with Crippen molar-refractivity contribution in [3.05, 3.63) is 70.1 Å². The molecule has 4 rings (SSSR count). The highest BCUT2D eigenvalue weighted by molar-refractivity contribution is 5.97. The summed E-state index contributed by atoms with van der Waals surface area (Å²) in [5, 5.41) is 3.48. The molecule has 0 atom stereocenters. The first-order valence-electron chi connectivity index (χ1n) is 11.5. The molecule has 3 aromatic rings. The van der Waals surface area contributed by atoms with Gasteiger partial charge in [-0.3, -0.25) is 4.79 Å². The Morgan fingerprint density at radius 1 is 0.971 bits per heavy atom. The Balaban J connectivity index is 1.45. The maximum atomic E-state index is 12.6. The van der Waals surface area contributed by atoms with Crippen LogP contribution in [0, 0.1) is 0 Å². The van der Waals surface area contributed by atoms with Gasteiger partial charge >= 0.3 is 11.6 Å². The van der Waals surface area contributed by atoms with E-state index in [9.17, 15) is 14.4 Å². The monoisotopic (exact) mass is 477 g/mol. The van der Waals surface area contributed by atoms with Crippen molar-refractivity contribution in [3.8, 4) is 17.2 Å². The van der Waals surface area contributed by atoms with E-state index in [2.05, 4.69) is 5.32 Å². The van der Waals surface area contributed by atoms with E-state index in [4.69, 9.17) is 18.6 Å². The smallest absolute Gasteiger partial charge is 0.349 e. The summed E-state index contributed by atoms with van der Waals surface area (Å²) in [6, 6.07) is 11.5. The molecule has 1 aliphatic rings. The average molecular weight is 478 g/mol. The number of hydrogen-bond acceptors (Lipinski definition) is 7. The first-order chi connectivity index (χ1) is 17.0. The van der Waals surface area contributed by atoms with Gasteiger partial charge in [-0.15, -0.1) is 0 Å². The number of esters is 1. The van der Waals surface area contributed by atoms with Crippen molar-refractivity contribution >= 4 is 28.9 Å². The van der Waals surface area contributed by atoms with E-state index in [1.54, 1.807) is 43.5 Å². The Bertz CT molecular complexity index is 1320. The van der Waals surface area contributed by atoms with Gasteiger partial charge in [0.05, 0.1) is 14.2 Å². The highest BCUT2D eigenvalue weighted by Gasteiger charge is 2.20. The quantitative estimate of drug-likeness (QED) is 0.231. The summed E-state index contributed by atoms with van der Waals surface area (Å²) in [5.41, 5.74) is 0.176. The third kappa shape index (κ3) is 5.90. The van der Waals surface area contributed by atoms with Crippen molar-refractivity contribution in [3.63, 3.8) is 0 Å². The lowest BCUT2D eigenvalue weighted by molar-refractivity contribution is -0.128. The molecule has 1 heterocycles. The van der Waals surface area contributed by atoms with Gasteiger partial charge in [-0.1, -0.05) is 25.3 Å². The zero-order valence-corrected chi connectivity index (χ0v) is 19.7.